The molecule has 0 unspecified atom stereocenters. The molecule has 2 aliphatic rings. The molecule has 1 aliphatic heterocycles. The van der Waals surface area contributed by atoms with Gasteiger partial charge in [0.25, 0.3) is 0 Å². The maximum Gasteiger partial charge on any atom is 0.124 e. The third kappa shape index (κ3) is 2.16. The van der Waals surface area contributed by atoms with Gasteiger partial charge in [0.05, 0.1) is 0 Å². The van der Waals surface area contributed by atoms with Crippen molar-refractivity contribution in [2.45, 2.75) is 57.4 Å². The zero-order chi connectivity index (χ0) is 14.7. The maximum absolute atomic E-state index is 6.49. The minimum atomic E-state index is -0.0323. The fraction of sp³-hybridized carbons (Fsp3) is 0.647. The number of alkyl halides is 1. The van der Waals surface area contributed by atoms with Crippen LogP contribution in [-0.4, -0.2) is 10.4 Å². The zero-order valence-corrected chi connectivity index (χ0v) is 15.8. The molecule has 110 valence electrons. The van der Waals surface area contributed by atoms with Crippen LogP contribution in [0.15, 0.2) is 16.6 Å². The number of hydrogen-bond acceptors (Lipinski definition) is 1. The number of ether oxygens (including phenoxy) is 1. The molecule has 1 aromatic rings. The summed E-state index contributed by atoms with van der Waals surface area (Å²) in [5, 5.41) is 0. The van der Waals surface area contributed by atoms with Gasteiger partial charge in [-0.1, -0.05) is 51.8 Å². The summed E-state index contributed by atoms with van der Waals surface area (Å²) in [6, 6.07) is 4.44. The van der Waals surface area contributed by atoms with Crippen molar-refractivity contribution in [1.29, 1.82) is 0 Å². The van der Waals surface area contributed by atoms with Crippen LogP contribution in [0.25, 0.3) is 0 Å². The molecule has 3 rings (SSSR count). The molecule has 0 amide bonds. The Balaban J connectivity index is 2.06. The standard InChI is InChI=1S/C17H22Br2O/c1-10-7-11-8-14-16(2,3)15(19)5-6-17(14,4)20-13(11)9-12(10)18/h7,9,14-15H,5-6,8H2,1-4H3/t14-,15-,17-/m0/s1. The smallest absolute Gasteiger partial charge is 0.124 e. The number of rotatable bonds is 0. The maximum atomic E-state index is 6.49. The highest BCUT2D eigenvalue weighted by atomic mass is 79.9. The topological polar surface area (TPSA) is 9.23 Å². The van der Waals surface area contributed by atoms with E-state index in [0.717, 1.165) is 23.1 Å². The Morgan fingerprint density at radius 2 is 1.95 bits per heavy atom. The Labute approximate surface area is 138 Å². The minimum absolute atomic E-state index is 0.0323. The number of aryl methyl sites for hydroxylation is 1. The van der Waals surface area contributed by atoms with Crippen molar-refractivity contribution in [3.63, 3.8) is 0 Å². The molecule has 1 aromatic carbocycles. The molecular formula is C17H22Br2O. The fourth-order valence-electron chi connectivity index (χ4n) is 4.01. The predicted octanol–water partition coefficient (Wildman–Crippen LogP) is 5.65. The van der Waals surface area contributed by atoms with Crippen LogP contribution in [0.3, 0.4) is 0 Å². The molecule has 0 aromatic heterocycles. The summed E-state index contributed by atoms with van der Waals surface area (Å²) >= 11 is 7.52. The van der Waals surface area contributed by atoms with Crippen LogP contribution in [-0.2, 0) is 6.42 Å². The molecule has 0 spiro atoms. The fourth-order valence-corrected chi connectivity index (χ4v) is 4.88. The van der Waals surface area contributed by atoms with Gasteiger partial charge in [0.2, 0.25) is 0 Å². The van der Waals surface area contributed by atoms with Gasteiger partial charge in [-0.25, -0.2) is 0 Å². The van der Waals surface area contributed by atoms with E-state index in [0.29, 0.717) is 10.7 Å². The number of hydrogen-bond donors (Lipinski definition) is 0. The minimum Gasteiger partial charge on any atom is -0.487 e. The second-order valence-electron chi connectivity index (χ2n) is 7.21. The van der Waals surface area contributed by atoms with Crippen LogP contribution >= 0.6 is 31.9 Å². The Morgan fingerprint density at radius 3 is 2.65 bits per heavy atom. The summed E-state index contributed by atoms with van der Waals surface area (Å²) in [5.74, 6) is 1.63. The van der Waals surface area contributed by atoms with E-state index >= 15 is 0 Å². The molecule has 0 radical (unpaired) electrons. The van der Waals surface area contributed by atoms with E-state index in [1.807, 2.05) is 0 Å². The van der Waals surface area contributed by atoms with Gasteiger partial charge < -0.3 is 4.74 Å². The third-order valence-corrected chi connectivity index (χ3v) is 7.94. The largest absolute Gasteiger partial charge is 0.487 e. The van der Waals surface area contributed by atoms with Gasteiger partial charge in [0, 0.05) is 15.2 Å². The van der Waals surface area contributed by atoms with Crippen molar-refractivity contribution in [1.82, 2.24) is 0 Å². The second-order valence-corrected chi connectivity index (χ2v) is 9.17. The lowest BCUT2D eigenvalue weighted by Crippen LogP contribution is -2.57. The summed E-state index contributed by atoms with van der Waals surface area (Å²) in [6.07, 6.45) is 3.43. The van der Waals surface area contributed by atoms with Crippen molar-refractivity contribution in [2.75, 3.05) is 0 Å². The summed E-state index contributed by atoms with van der Waals surface area (Å²) in [4.78, 5) is 0.578. The summed E-state index contributed by atoms with van der Waals surface area (Å²) in [7, 11) is 0. The Kier molecular flexibility index (Phi) is 3.53. The molecule has 1 nitrogen and oxygen atoms in total. The lowest BCUT2D eigenvalue weighted by atomic mass is 9.59. The normalized spacial score (nSPS) is 34.9. The summed E-state index contributed by atoms with van der Waals surface area (Å²) < 4.78 is 7.64. The molecule has 3 atom stereocenters. The molecule has 0 N–H and O–H groups in total. The van der Waals surface area contributed by atoms with Gasteiger partial charge in [-0.3, -0.25) is 0 Å². The van der Waals surface area contributed by atoms with Crippen LogP contribution in [0.4, 0.5) is 0 Å². The quantitative estimate of drug-likeness (QED) is 0.510. The van der Waals surface area contributed by atoms with E-state index < -0.39 is 0 Å². The molecular weight excluding hydrogens is 380 g/mol. The van der Waals surface area contributed by atoms with Crippen molar-refractivity contribution in [3.05, 3.63) is 27.7 Å². The van der Waals surface area contributed by atoms with Gasteiger partial charge in [0.1, 0.15) is 11.4 Å². The van der Waals surface area contributed by atoms with Crippen LogP contribution in [0, 0.1) is 18.3 Å². The molecule has 1 fully saturated rings. The first kappa shape index (κ1) is 14.9. The number of benzene rings is 1. The lowest BCUT2D eigenvalue weighted by Gasteiger charge is -2.55. The predicted molar refractivity (Wildman–Crippen MR) is 90.8 cm³/mol. The van der Waals surface area contributed by atoms with Gasteiger partial charge >= 0.3 is 0 Å². The van der Waals surface area contributed by atoms with Gasteiger partial charge in [-0.15, -0.1) is 0 Å². The van der Waals surface area contributed by atoms with Crippen LogP contribution in [0.2, 0.25) is 0 Å². The van der Waals surface area contributed by atoms with E-state index in [-0.39, 0.29) is 11.0 Å². The SMILES string of the molecule is Cc1cc2c(cc1Br)O[C@@]1(C)CC[C@H](Br)C(C)(C)[C@@H]1C2. The van der Waals surface area contributed by atoms with E-state index in [9.17, 15) is 0 Å². The first-order valence-electron chi connectivity index (χ1n) is 7.36. The van der Waals surface area contributed by atoms with Gasteiger partial charge in [-0.05, 0) is 55.7 Å². The average Bonchev–Trinajstić information content (AvgIpc) is 2.36. The van der Waals surface area contributed by atoms with Gasteiger partial charge in [0.15, 0.2) is 0 Å². The monoisotopic (exact) mass is 400 g/mol. The molecule has 1 heterocycles. The number of halogens is 2. The summed E-state index contributed by atoms with van der Waals surface area (Å²) in [5.41, 5.74) is 2.88. The van der Waals surface area contributed by atoms with Crippen molar-refractivity contribution < 1.29 is 4.74 Å². The zero-order valence-electron chi connectivity index (χ0n) is 12.6. The van der Waals surface area contributed by atoms with Crippen molar-refractivity contribution in [2.24, 2.45) is 11.3 Å². The molecule has 0 saturated heterocycles. The molecule has 1 saturated carbocycles. The molecule has 0 bridgehead atoms. The van der Waals surface area contributed by atoms with E-state index in [1.165, 1.54) is 17.5 Å². The average molecular weight is 402 g/mol. The molecule has 3 heteroatoms. The van der Waals surface area contributed by atoms with Gasteiger partial charge in [-0.2, -0.15) is 0 Å². The Morgan fingerprint density at radius 1 is 1.25 bits per heavy atom. The summed E-state index contributed by atoms with van der Waals surface area (Å²) in [6.45, 7) is 9.22. The second kappa shape index (κ2) is 4.74. The van der Waals surface area contributed by atoms with Crippen molar-refractivity contribution >= 4 is 31.9 Å². The van der Waals surface area contributed by atoms with Crippen LogP contribution in [0.1, 0.15) is 44.7 Å². The Hall–Kier alpha value is -0.0200. The van der Waals surface area contributed by atoms with E-state index in [2.05, 4.69) is 71.7 Å². The van der Waals surface area contributed by atoms with Crippen LogP contribution in [0.5, 0.6) is 5.75 Å². The third-order valence-electron chi connectivity index (χ3n) is 5.45. The van der Waals surface area contributed by atoms with E-state index in [1.54, 1.807) is 0 Å². The van der Waals surface area contributed by atoms with Crippen LogP contribution < -0.4 is 4.74 Å². The highest BCUT2D eigenvalue weighted by Gasteiger charge is 2.54. The molecule has 20 heavy (non-hydrogen) atoms. The van der Waals surface area contributed by atoms with Crippen molar-refractivity contribution in [3.8, 4) is 5.75 Å². The first-order valence-corrected chi connectivity index (χ1v) is 9.07. The highest BCUT2D eigenvalue weighted by molar-refractivity contribution is 9.10. The lowest BCUT2D eigenvalue weighted by molar-refractivity contribution is -0.0773. The Bertz CT molecular complexity index is 552. The number of fused-ring (bicyclic) bond motifs is 2. The highest BCUT2D eigenvalue weighted by Crippen LogP contribution is 2.55. The first-order chi connectivity index (χ1) is 9.24. The molecule has 1 aliphatic carbocycles. The van der Waals surface area contributed by atoms with E-state index in [4.69, 9.17) is 4.74 Å².